The lowest BCUT2D eigenvalue weighted by Crippen LogP contribution is -1.97. The van der Waals surface area contributed by atoms with Crippen molar-refractivity contribution in [2.75, 3.05) is 5.73 Å². The van der Waals surface area contributed by atoms with Crippen LogP contribution in [0.5, 0.6) is 0 Å². The first-order chi connectivity index (χ1) is 8.15. The Morgan fingerprint density at radius 2 is 2.12 bits per heavy atom. The van der Waals surface area contributed by atoms with Crippen molar-refractivity contribution in [1.82, 2.24) is 9.78 Å². The van der Waals surface area contributed by atoms with E-state index in [1.165, 1.54) is 0 Å². The van der Waals surface area contributed by atoms with E-state index < -0.39 is 0 Å². The molecule has 4 nitrogen and oxygen atoms in total. The number of anilines is 1. The highest BCUT2D eigenvalue weighted by atomic mass is 16.3. The van der Waals surface area contributed by atoms with Gasteiger partial charge in [-0.1, -0.05) is 6.07 Å². The van der Waals surface area contributed by atoms with Crippen molar-refractivity contribution in [2.45, 2.75) is 6.92 Å². The number of aromatic nitrogens is 2. The fourth-order valence-corrected chi connectivity index (χ4v) is 2.01. The third-order valence-corrected chi connectivity index (χ3v) is 2.94. The first-order valence-electron chi connectivity index (χ1n) is 5.43. The molecule has 86 valence electrons. The third kappa shape index (κ3) is 1.49. The molecule has 0 unspecified atom stereocenters. The standard InChI is InChI=1S/C13H13N3O/c1-8-5-10-6-9(3-4-12(10)17-8)11-7-15-16(2)13(11)14/h3-7H,14H2,1-2H3. The molecule has 0 aliphatic carbocycles. The molecule has 2 heterocycles. The van der Waals surface area contributed by atoms with Crippen LogP contribution in [0.2, 0.25) is 0 Å². The van der Waals surface area contributed by atoms with Gasteiger partial charge in [-0.3, -0.25) is 4.68 Å². The molecule has 3 rings (SSSR count). The molecule has 0 radical (unpaired) electrons. The summed E-state index contributed by atoms with van der Waals surface area (Å²) < 4.78 is 7.21. The number of hydrogen-bond acceptors (Lipinski definition) is 3. The molecular formula is C13H13N3O. The predicted octanol–water partition coefficient (Wildman–Crippen LogP) is 2.72. The minimum atomic E-state index is 0.671. The van der Waals surface area contributed by atoms with Crippen LogP contribution in [0, 0.1) is 6.92 Å². The summed E-state index contributed by atoms with van der Waals surface area (Å²) >= 11 is 0. The molecule has 3 aromatic rings. The number of nitrogens with two attached hydrogens (primary N) is 1. The molecule has 0 amide bonds. The van der Waals surface area contributed by atoms with Crippen molar-refractivity contribution in [3.63, 3.8) is 0 Å². The van der Waals surface area contributed by atoms with Crippen LogP contribution in [0.1, 0.15) is 5.76 Å². The van der Waals surface area contributed by atoms with Crippen molar-refractivity contribution >= 4 is 16.8 Å². The van der Waals surface area contributed by atoms with Crippen LogP contribution in [-0.2, 0) is 7.05 Å². The van der Waals surface area contributed by atoms with Gasteiger partial charge in [0, 0.05) is 18.0 Å². The van der Waals surface area contributed by atoms with E-state index in [0.717, 1.165) is 27.9 Å². The minimum Gasteiger partial charge on any atom is -0.461 e. The Bertz CT molecular complexity index is 694. The Morgan fingerprint density at radius 3 is 2.82 bits per heavy atom. The van der Waals surface area contributed by atoms with Crippen LogP contribution < -0.4 is 5.73 Å². The maximum absolute atomic E-state index is 5.96. The van der Waals surface area contributed by atoms with Crippen LogP contribution in [0.15, 0.2) is 34.9 Å². The average molecular weight is 227 g/mol. The SMILES string of the molecule is Cc1cc2cc(-c3cnn(C)c3N)ccc2o1. The molecule has 0 bridgehead atoms. The largest absolute Gasteiger partial charge is 0.461 e. The molecule has 4 heteroatoms. The molecule has 0 aliphatic heterocycles. The second-order valence-electron chi connectivity index (χ2n) is 4.18. The zero-order chi connectivity index (χ0) is 12.0. The maximum Gasteiger partial charge on any atom is 0.134 e. The maximum atomic E-state index is 5.96. The first kappa shape index (κ1) is 9.96. The van der Waals surface area contributed by atoms with E-state index >= 15 is 0 Å². The molecule has 0 aliphatic rings. The third-order valence-electron chi connectivity index (χ3n) is 2.94. The number of benzene rings is 1. The highest BCUT2D eigenvalue weighted by Gasteiger charge is 2.09. The van der Waals surface area contributed by atoms with Gasteiger partial charge >= 0.3 is 0 Å². The molecule has 2 aromatic heterocycles. The number of nitrogen functional groups attached to an aromatic ring is 1. The monoisotopic (exact) mass is 227 g/mol. The number of aryl methyl sites for hydroxylation is 2. The lowest BCUT2D eigenvalue weighted by molar-refractivity contribution is 0.578. The quantitative estimate of drug-likeness (QED) is 0.695. The van der Waals surface area contributed by atoms with Crippen LogP contribution in [0.4, 0.5) is 5.82 Å². The van der Waals surface area contributed by atoms with Gasteiger partial charge in [-0.15, -0.1) is 0 Å². The Labute approximate surface area is 98.6 Å². The summed E-state index contributed by atoms with van der Waals surface area (Å²) in [5.41, 5.74) is 8.87. The van der Waals surface area contributed by atoms with Crippen molar-refractivity contribution in [2.24, 2.45) is 7.05 Å². The van der Waals surface area contributed by atoms with E-state index in [-0.39, 0.29) is 0 Å². The zero-order valence-electron chi connectivity index (χ0n) is 9.77. The summed E-state index contributed by atoms with van der Waals surface area (Å²) in [6, 6.07) is 8.05. The van der Waals surface area contributed by atoms with E-state index in [1.807, 2.05) is 32.2 Å². The molecule has 2 N–H and O–H groups in total. The number of furan rings is 1. The molecule has 0 saturated heterocycles. The minimum absolute atomic E-state index is 0.671. The summed E-state index contributed by atoms with van der Waals surface area (Å²) in [7, 11) is 1.83. The van der Waals surface area contributed by atoms with Crippen LogP contribution in [0.25, 0.3) is 22.1 Å². The summed E-state index contributed by atoms with van der Waals surface area (Å²) in [4.78, 5) is 0. The lowest BCUT2D eigenvalue weighted by Gasteiger charge is -2.00. The van der Waals surface area contributed by atoms with Crippen molar-refractivity contribution in [3.05, 3.63) is 36.2 Å². The Hall–Kier alpha value is -2.23. The fraction of sp³-hybridized carbons (Fsp3) is 0.154. The second-order valence-corrected chi connectivity index (χ2v) is 4.18. The smallest absolute Gasteiger partial charge is 0.134 e. The Balaban J connectivity index is 2.20. The number of rotatable bonds is 1. The van der Waals surface area contributed by atoms with Gasteiger partial charge in [0.05, 0.1) is 6.20 Å². The van der Waals surface area contributed by atoms with Crippen LogP contribution in [0.3, 0.4) is 0 Å². The highest BCUT2D eigenvalue weighted by molar-refractivity contribution is 5.86. The van der Waals surface area contributed by atoms with Gasteiger partial charge in [0.1, 0.15) is 17.2 Å². The first-order valence-corrected chi connectivity index (χ1v) is 5.43. The van der Waals surface area contributed by atoms with E-state index in [4.69, 9.17) is 10.2 Å². The average Bonchev–Trinajstić information content (AvgIpc) is 2.81. The highest BCUT2D eigenvalue weighted by Crippen LogP contribution is 2.29. The summed E-state index contributed by atoms with van der Waals surface area (Å²) in [5.74, 6) is 1.58. The summed E-state index contributed by atoms with van der Waals surface area (Å²) in [6.07, 6.45) is 1.78. The van der Waals surface area contributed by atoms with E-state index in [0.29, 0.717) is 5.82 Å². The van der Waals surface area contributed by atoms with E-state index in [1.54, 1.807) is 10.9 Å². The molecule has 17 heavy (non-hydrogen) atoms. The Morgan fingerprint density at radius 1 is 1.29 bits per heavy atom. The number of hydrogen-bond donors (Lipinski definition) is 1. The van der Waals surface area contributed by atoms with Gasteiger partial charge in [-0.2, -0.15) is 5.10 Å². The van der Waals surface area contributed by atoms with Gasteiger partial charge in [-0.25, -0.2) is 0 Å². The van der Waals surface area contributed by atoms with Crippen LogP contribution in [-0.4, -0.2) is 9.78 Å². The normalized spacial score (nSPS) is 11.2. The van der Waals surface area contributed by atoms with Crippen molar-refractivity contribution < 1.29 is 4.42 Å². The molecule has 1 aromatic carbocycles. The molecule has 0 spiro atoms. The zero-order valence-corrected chi connectivity index (χ0v) is 9.77. The summed E-state index contributed by atoms with van der Waals surface area (Å²) in [6.45, 7) is 1.94. The van der Waals surface area contributed by atoms with E-state index in [2.05, 4.69) is 11.2 Å². The second kappa shape index (κ2) is 3.38. The molecule has 0 atom stereocenters. The number of nitrogens with zero attached hydrogens (tertiary/aromatic N) is 2. The predicted molar refractivity (Wildman–Crippen MR) is 67.6 cm³/mol. The molecule has 0 fully saturated rings. The fourth-order valence-electron chi connectivity index (χ4n) is 2.01. The van der Waals surface area contributed by atoms with Crippen LogP contribution >= 0.6 is 0 Å². The van der Waals surface area contributed by atoms with Gasteiger partial charge < -0.3 is 10.2 Å². The van der Waals surface area contributed by atoms with Gasteiger partial charge in [0.15, 0.2) is 0 Å². The van der Waals surface area contributed by atoms with Crippen molar-refractivity contribution in [1.29, 1.82) is 0 Å². The lowest BCUT2D eigenvalue weighted by atomic mass is 10.1. The Kier molecular flexibility index (Phi) is 1.98. The van der Waals surface area contributed by atoms with Gasteiger partial charge in [0.25, 0.3) is 0 Å². The van der Waals surface area contributed by atoms with Gasteiger partial charge in [0.2, 0.25) is 0 Å². The summed E-state index contributed by atoms with van der Waals surface area (Å²) in [5, 5.41) is 5.23. The topological polar surface area (TPSA) is 57.0 Å². The van der Waals surface area contributed by atoms with Gasteiger partial charge in [-0.05, 0) is 30.7 Å². The number of fused-ring (bicyclic) bond motifs is 1. The molecule has 0 saturated carbocycles. The van der Waals surface area contributed by atoms with E-state index in [9.17, 15) is 0 Å². The molecular weight excluding hydrogens is 214 g/mol. The van der Waals surface area contributed by atoms with Crippen molar-refractivity contribution in [3.8, 4) is 11.1 Å².